The van der Waals surface area contributed by atoms with Crippen molar-refractivity contribution in [3.63, 3.8) is 0 Å². The molecule has 33 heavy (non-hydrogen) atoms. The molecule has 0 bridgehead atoms. The molecule has 6 nitrogen and oxygen atoms in total. The summed E-state index contributed by atoms with van der Waals surface area (Å²) in [5.74, 6) is -0.0247. The maximum Gasteiger partial charge on any atom is 0.266 e. The number of carbonyl (C=O) groups is 1. The van der Waals surface area contributed by atoms with Crippen LogP contribution in [0, 0.1) is 4.77 Å². The number of para-hydroxylation sites is 1. The molecule has 1 aliphatic rings. The number of benzene rings is 3. The molecule has 1 fully saturated rings. The lowest BCUT2D eigenvalue weighted by Crippen LogP contribution is -2.48. The van der Waals surface area contributed by atoms with Crippen molar-refractivity contribution in [1.82, 2.24) is 14.5 Å². The van der Waals surface area contributed by atoms with E-state index in [0.717, 1.165) is 18.8 Å². The first-order valence-electron chi connectivity index (χ1n) is 10.7. The third kappa shape index (κ3) is 4.17. The lowest BCUT2D eigenvalue weighted by molar-refractivity contribution is 0.0747. The van der Waals surface area contributed by atoms with E-state index in [1.165, 1.54) is 4.57 Å². The van der Waals surface area contributed by atoms with Gasteiger partial charge >= 0.3 is 0 Å². The van der Waals surface area contributed by atoms with Gasteiger partial charge in [-0.25, -0.2) is 0 Å². The van der Waals surface area contributed by atoms with Crippen LogP contribution in [0.5, 0.6) is 0 Å². The molecule has 0 aliphatic carbocycles. The number of nitrogens with zero attached hydrogens (tertiary/aromatic N) is 3. The van der Waals surface area contributed by atoms with E-state index >= 15 is 0 Å². The van der Waals surface area contributed by atoms with E-state index in [9.17, 15) is 9.59 Å². The predicted octanol–water partition coefficient (Wildman–Crippen LogP) is 4.66. The molecule has 8 heteroatoms. The normalized spacial score (nSPS) is 14.0. The van der Waals surface area contributed by atoms with E-state index in [2.05, 4.69) is 9.88 Å². The fourth-order valence-electron chi connectivity index (χ4n) is 4.17. The second kappa shape index (κ2) is 8.84. The largest absolute Gasteiger partial charge is 0.368 e. The van der Waals surface area contributed by atoms with Crippen LogP contribution in [0.15, 0.2) is 77.6 Å². The number of hydrogen-bond acceptors (Lipinski definition) is 4. The van der Waals surface area contributed by atoms with Crippen LogP contribution in [0.3, 0.4) is 0 Å². The number of amides is 1. The zero-order valence-electron chi connectivity index (χ0n) is 17.7. The Kier molecular flexibility index (Phi) is 5.74. The fraction of sp³-hybridized carbons (Fsp3) is 0.160. The summed E-state index contributed by atoms with van der Waals surface area (Å²) in [7, 11) is 0. The Morgan fingerprint density at radius 1 is 0.879 bits per heavy atom. The summed E-state index contributed by atoms with van der Waals surface area (Å²) in [6.07, 6.45) is 0. The van der Waals surface area contributed by atoms with Crippen molar-refractivity contribution < 1.29 is 4.79 Å². The second-order valence-electron chi connectivity index (χ2n) is 7.92. The number of halogens is 1. The van der Waals surface area contributed by atoms with Crippen molar-refractivity contribution in [2.24, 2.45) is 0 Å². The number of rotatable bonds is 3. The van der Waals surface area contributed by atoms with Crippen LogP contribution >= 0.6 is 23.8 Å². The van der Waals surface area contributed by atoms with Gasteiger partial charge in [0.2, 0.25) is 0 Å². The second-order valence-corrected chi connectivity index (χ2v) is 8.75. The number of carbonyl (C=O) groups excluding carboxylic acids is 1. The Labute approximate surface area is 200 Å². The number of nitrogens with one attached hydrogen (secondary N) is 1. The number of aromatic amines is 1. The molecule has 0 atom stereocenters. The van der Waals surface area contributed by atoms with Gasteiger partial charge in [0.05, 0.1) is 16.6 Å². The summed E-state index contributed by atoms with van der Waals surface area (Å²) in [6, 6.07) is 22.0. The van der Waals surface area contributed by atoms with Crippen LogP contribution in [-0.4, -0.2) is 46.5 Å². The maximum absolute atomic E-state index is 13.0. The number of hydrogen-bond donors (Lipinski definition) is 1. The van der Waals surface area contributed by atoms with Gasteiger partial charge in [-0.15, -0.1) is 0 Å². The van der Waals surface area contributed by atoms with Crippen LogP contribution in [0.2, 0.25) is 5.02 Å². The molecule has 1 saturated heterocycles. The van der Waals surface area contributed by atoms with E-state index in [-0.39, 0.29) is 11.5 Å². The summed E-state index contributed by atoms with van der Waals surface area (Å²) >= 11 is 11.5. The Morgan fingerprint density at radius 2 is 1.61 bits per heavy atom. The highest BCUT2D eigenvalue weighted by molar-refractivity contribution is 7.71. The smallest absolute Gasteiger partial charge is 0.266 e. The molecule has 1 aromatic heterocycles. The lowest BCUT2D eigenvalue weighted by Gasteiger charge is -2.36. The Bertz CT molecular complexity index is 1450. The zero-order chi connectivity index (χ0) is 22.9. The highest BCUT2D eigenvalue weighted by Gasteiger charge is 2.22. The molecule has 2 heterocycles. The Hall–Kier alpha value is -3.42. The molecule has 1 N–H and O–H groups in total. The van der Waals surface area contributed by atoms with Crippen LogP contribution in [-0.2, 0) is 0 Å². The van der Waals surface area contributed by atoms with E-state index in [1.54, 1.807) is 30.3 Å². The molecular formula is C25H21ClN4O2S. The molecule has 0 saturated carbocycles. The van der Waals surface area contributed by atoms with Gasteiger partial charge in [-0.1, -0.05) is 29.8 Å². The van der Waals surface area contributed by atoms with Crippen molar-refractivity contribution in [2.75, 3.05) is 31.1 Å². The van der Waals surface area contributed by atoms with Crippen LogP contribution in [0.25, 0.3) is 16.6 Å². The molecule has 1 amide bonds. The molecule has 3 aromatic carbocycles. The van der Waals surface area contributed by atoms with Crippen LogP contribution in [0.1, 0.15) is 10.4 Å². The van der Waals surface area contributed by atoms with Gasteiger partial charge in [-0.3, -0.25) is 14.2 Å². The highest BCUT2D eigenvalue weighted by Crippen LogP contribution is 2.21. The third-order valence-electron chi connectivity index (χ3n) is 5.92. The third-order valence-corrected chi connectivity index (χ3v) is 6.44. The SMILES string of the molecule is O=C(c1ccc(-n2c(=S)[nH]c3ccccc3c2=O)cc1)N1CCN(c2cccc(Cl)c2)CC1. The van der Waals surface area contributed by atoms with Crippen molar-refractivity contribution in [3.8, 4) is 5.69 Å². The number of aromatic nitrogens is 2. The van der Waals surface area contributed by atoms with Crippen LogP contribution < -0.4 is 10.5 Å². The first-order chi connectivity index (χ1) is 16.0. The van der Waals surface area contributed by atoms with Gasteiger partial charge in [0, 0.05) is 42.5 Å². The van der Waals surface area contributed by atoms with E-state index in [4.69, 9.17) is 23.8 Å². The predicted molar refractivity (Wildman–Crippen MR) is 134 cm³/mol. The summed E-state index contributed by atoms with van der Waals surface area (Å²) in [6.45, 7) is 2.74. The fourth-order valence-corrected chi connectivity index (χ4v) is 4.66. The minimum Gasteiger partial charge on any atom is -0.368 e. The number of fused-ring (bicyclic) bond motifs is 1. The minimum absolute atomic E-state index is 0.0247. The number of anilines is 1. The number of piperazine rings is 1. The first-order valence-corrected chi connectivity index (χ1v) is 11.4. The standard InChI is InChI=1S/C25H21ClN4O2S/c26-18-4-3-5-20(16-18)28-12-14-29(15-13-28)23(31)17-8-10-19(11-9-17)30-24(32)21-6-1-2-7-22(21)27-25(30)33/h1-11,16H,12-15H2,(H,27,33). The Morgan fingerprint density at radius 3 is 2.33 bits per heavy atom. The van der Waals surface area contributed by atoms with E-state index in [1.807, 2.05) is 47.4 Å². The van der Waals surface area contributed by atoms with Gasteiger partial charge in [-0.2, -0.15) is 0 Å². The average molecular weight is 477 g/mol. The number of H-pyrrole nitrogens is 1. The van der Waals surface area contributed by atoms with Gasteiger partial charge in [0.15, 0.2) is 4.77 Å². The van der Waals surface area contributed by atoms with Crippen molar-refractivity contribution in [3.05, 3.63) is 98.5 Å². The molecule has 0 unspecified atom stereocenters. The van der Waals surface area contributed by atoms with Gasteiger partial charge in [-0.05, 0) is 66.8 Å². The average Bonchev–Trinajstić information content (AvgIpc) is 2.84. The molecule has 0 radical (unpaired) electrons. The van der Waals surface area contributed by atoms with Crippen molar-refractivity contribution in [2.45, 2.75) is 0 Å². The maximum atomic E-state index is 13.0. The molecule has 4 aromatic rings. The minimum atomic E-state index is -0.189. The summed E-state index contributed by atoms with van der Waals surface area (Å²) < 4.78 is 1.77. The van der Waals surface area contributed by atoms with Gasteiger partial charge < -0.3 is 14.8 Å². The summed E-state index contributed by atoms with van der Waals surface area (Å²) in [4.78, 5) is 33.2. The topological polar surface area (TPSA) is 61.3 Å². The molecule has 5 rings (SSSR count). The Balaban J connectivity index is 1.33. The van der Waals surface area contributed by atoms with E-state index in [0.29, 0.717) is 45.0 Å². The van der Waals surface area contributed by atoms with Gasteiger partial charge in [0.1, 0.15) is 0 Å². The molecule has 0 spiro atoms. The monoisotopic (exact) mass is 476 g/mol. The first kappa shape index (κ1) is 21.4. The van der Waals surface area contributed by atoms with Gasteiger partial charge in [0.25, 0.3) is 11.5 Å². The van der Waals surface area contributed by atoms with Crippen molar-refractivity contribution in [1.29, 1.82) is 0 Å². The summed E-state index contributed by atoms with van der Waals surface area (Å²) in [5, 5.41) is 1.26. The molecular weight excluding hydrogens is 456 g/mol. The quantitative estimate of drug-likeness (QED) is 0.437. The summed E-state index contributed by atoms with van der Waals surface area (Å²) in [5.41, 5.74) is 2.78. The lowest BCUT2D eigenvalue weighted by atomic mass is 10.1. The highest BCUT2D eigenvalue weighted by atomic mass is 35.5. The van der Waals surface area contributed by atoms with E-state index < -0.39 is 0 Å². The van der Waals surface area contributed by atoms with Crippen molar-refractivity contribution >= 4 is 46.3 Å². The molecule has 166 valence electrons. The molecule has 1 aliphatic heterocycles. The van der Waals surface area contributed by atoms with Crippen LogP contribution in [0.4, 0.5) is 5.69 Å². The zero-order valence-corrected chi connectivity index (χ0v) is 19.3.